The molecule has 1 atom stereocenters. The van der Waals surface area contributed by atoms with Gasteiger partial charge < -0.3 is 10.1 Å². The van der Waals surface area contributed by atoms with E-state index in [0.29, 0.717) is 24.0 Å². The van der Waals surface area contributed by atoms with Gasteiger partial charge in [0, 0.05) is 17.6 Å². The molecule has 1 aliphatic carbocycles. The van der Waals surface area contributed by atoms with E-state index < -0.39 is 17.6 Å². The van der Waals surface area contributed by atoms with Gasteiger partial charge in [0.25, 0.3) is 0 Å². The summed E-state index contributed by atoms with van der Waals surface area (Å²) in [6.07, 6.45) is 4.32. The molecule has 1 spiro atoms. The highest BCUT2D eigenvalue weighted by atomic mass is 16.6. The molecule has 0 radical (unpaired) electrons. The van der Waals surface area contributed by atoms with Crippen molar-refractivity contribution in [3.05, 3.63) is 23.3 Å². The van der Waals surface area contributed by atoms with E-state index in [4.69, 9.17) is 4.74 Å². The third-order valence-electron chi connectivity index (χ3n) is 4.25. The standard InChI is InChI=1S/C18H25NO4/c1-16(2,3)11-7-18(8-12(14(11)21)17(4,5)6)9-13(19-10-20)15(22)23-18/h7-8,10,13H,9H2,1-6H3,(H,19,20). The van der Waals surface area contributed by atoms with E-state index in [9.17, 15) is 14.4 Å². The van der Waals surface area contributed by atoms with E-state index in [1.807, 2.05) is 41.5 Å². The van der Waals surface area contributed by atoms with Gasteiger partial charge in [0.1, 0.15) is 6.04 Å². The van der Waals surface area contributed by atoms with E-state index >= 15 is 0 Å². The van der Waals surface area contributed by atoms with Crippen LogP contribution in [0.2, 0.25) is 0 Å². The van der Waals surface area contributed by atoms with E-state index in [-0.39, 0.29) is 16.6 Å². The molecule has 1 saturated heterocycles. The maximum absolute atomic E-state index is 12.9. The smallest absolute Gasteiger partial charge is 0.330 e. The van der Waals surface area contributed by atoms with Crippen LogP contribution in [0.4, 0.5) is 0 Å². The fraction of sp³-hybridized carbons (Fsp3) is 0.611. The Hall–Kier alpha value is -1.91. The molecule has 5 heteroatoms. The highest BCUT2D eigenvalue weighted by Gasteiger charge is 2.49. The molecule has 1 unspecified atom stereocenters. The van der Waals surface area contributed by atoms with E-state index in [0.717, 1.165) is 0 Å². The van der Waals surface area contributed by atoms with Gasteiger partial charge in [-0.15, -0.1) is 0 Å². The molecule has 0 aromatic carbocycles. The van der Waals surface area contributed by atoms with Crippen molar-refractivity contribution in [1.29, 1.82) is 0 Å². The quantitative estimate of drug-likeness (QED) is 0.626. The normalized spacial score (nSPS) is 24.2. The molecule has 2 rings (SSSR count). The Morgan fingerprint density at radius 3 is 1.96 bits per heavy atom. The Morgan fingerprint density at radius 2 is 1.57 bits per heavy atom. The first-order valence-electron chi connectivity index (χ1n) is 7.83. The van der Waals surface area contributed by atoms with Crippen LogP contribution in [-0.4, -0.2) is 29.8 Å². The van der Waals surface area contributed by atoms with Crippen molar-refractivity contribution in [3.8, 4) is 0 Å². The second-order valence-electron chi connectivity index (χ2n) is 8.36. The van der Waals surface area contributed by atoms with Gasteiger partial charge in [-0.05, 0) is 23.0 Å². The van der Waals surface area contributed by atoms with Gasteiger partial charge in [0.05, 0.1) is 0 Å². The molecular formula is C18H25NO4. The molecule has 0 saturated carbocycles. The minimum atomic E-state index is -0.961. The van der Waals surface area contributed by atoms with Crippen LogP contribution in [0.5, 0.6) is 0 Å². The third-order valence-corrected chi connectivity index (χ3v) is 4.25. The molecule has 23 heavy (non-hydrogen) atoms. The summed E-state index contributed by atoms with van der Waals surface area (Å²) in [4.78, 5) is 35.6. The van der Waals surface area contributed by atoms with Crippen LogP contribution in [0, 0.1) is 10.8 Å². The number of esters is 1. The van der Waals surface area contributed by atoms with E-state index in [2.05, 4.69) is 5.32 Å². The molecule has 2 aliphatic rings. The van der Waals surface area contributed by atoms with Crippen molar-refractivity contribution in [2.45, 2.75) is 59.6 Å². The second-order valence-corrected chi connectivity index (χ2v) is 8.36. The number of ketones is 1. The van der Waals surface area contributed by atoms with Crippen LogP contribution in [0.15, 0.2) is 23.3 Å². The van der Waals surface area contributed by atoms with Crippen molar-refractivity contribution in [2.75, 3.05) is 0 Å². The summed E-state index contributed by atoms with van der Waals surface area (Å²) in [5.74, 6) is -0.473. The molecule has 1 N–H and O–H groups in total. The molecule has 1 fully saturated rings. The molecule has 1 amide bonds. The van der Waals surface area contributed by atoms with Crippen LogP contribution in [0.3, 0.4) is 0 Å². The number of carbonyl (C=O) groups excluding carboxylic acids is 3. The minimum absolute atomic E-state index is 0.00142. The number of nitrogens with one attached hydrogen (secondary N) is 1. The van der Waals surface area contributed by atoms with Gasteiger partial charge in [-0.2, -0.15) is 0 Å². The largest absolute Gasteiger partial charge is 0.449 e. The number of hydrogen-bond acceptors (Lipinski definition) is 4. The predicted octanol–water partition coefficient (Wildman–Crippen LogP) is 2.31. The van der Waals surface area contributed by atoms with Gasteiger partial charge in [0.15, 0.2) is 11.4 Å². The van der Waals surface area contributed by atoms with Gasteiger partial charge in [-0.25, -0.2) is 4.79 Å². The summed E-state index contributed by atoms with van der Waals surface area (Å²) in [6, 6.07) is -0.685. The number of hydrogen-bond donors (Lipinski definition) is 1. The number of rotatable bonds is 2. The first kappa shape index (κ1) is 17.4. The number of allylic oxidation sites excluding steroid dienone is 2. The molecule has 0 bridgehead atoms. The van der Waals surface area contributed by atoms with Crippen molar-refractivity contribution >= 4 is 18.2 Å². The highest BCUT2D eigenvalue weighted by molar-refractivity contribution is 6.11. The summed E-state index contributed by atoms with van der Waals surface area (Å²) in [5.41, 5.74) is -0.403. The van der Waals surface area contributed by atoms with Crippen LogP contribution in [-0.2, 0) is 19.1 Å². The topological polar surface area (TPSA) is 72.5 Å². The second kappa shape index (κ2) is 5.32. The van der Waals surface area contributed by atoms with Crippen LogP contribution < -0.4 is 5.32 Å². The Labute approximate surface area is 137 Å². The number of carbonyl (C=O) groups is 3. The van der Waals surface area contributed by atoms with Crippen molar-refractivity contribution in [3.63, 3.8) is 0 Å². The molecule has 126 valence electrons. The van der Waals surface area contributed by atoms with Gasteiger partial charge in [0.2, 0.25) is 6.41 Å². The molecule has 0 aromatic heterocycles. The lowest BCUT2D eigenvalue weighted by molar-refractivity contribution is -0.145. The lowest BCUT2D eigenvalue weighted by Crippen LogP contribution is -2.37. The van der Waals surface area contributed by atoms with E-state index in [1.165, 1.54) is 0 Å². The Kier molecular flexibility index (Phi) is 4.04. The SMILES string of the molecule is CC(C)(C)C1=CC2(C=C(C(C)(C)C)C1=O)CC(NC=O)C(=O)O2. The number of ether oxygens (including phenoxy) is 1. The summed E-state index contributed by atoms with van der Waals surface area (Å²) in [6.45, 7) is 11.8. The van der Waals surface area contributed by atoms with Crippen molar-refractivity contribution in [2.24, 2.45) is 10.8 Å². The lowest BCUT2D eigenvalue weighted by atomic mass is 9.69. The summed E-state index contributed by atoms with van der Waals surface area (Å²) < 4.78 is 5.59. The van der Waals surface area contributed by atoms with Crippen LogP contribution in [0.1, 0.15) is 48.0 Å². The Bertz CT molecular complexity index is 580. The summed E-state index contributed by atoms with van der Waals surface area (Å²) in [7, 11) is 0. The predicted molar refractivity (Wildman–Crippen MR) is 86.5 cm³/mol. The molecule has 1 heterocycles. The molecule has 1 aliphatic heterocycles. The fourth-order valence-electron chi connectivity index (χ4n) is 3.01. The highest BCUT2D eigenvalue weighted by Crippen LogP contribution is 2.44. The summed E-state index contributed by atoms with van der Waals surface area (Å²) >= 11 is 0. The zero-order valence-electron chi connectivity index (χ0n) is 14.6. The average Bonchev–Trinajstić information content (AvgIpc) is 2.67. The zero-order chi connectivity index (χ0) is 17.6. The lowest BCUT2D eigenvalue weighted by Gasteiger charge is -2.36. The van der Waals surface area contributed by atoms with Gasteiger partial charge in [-0.1, -0.05) is 41.5 Å². The molecule has 5 nitrogen and oxygen atoms in total. The Balaban J connectivity index is 2.55. The average molecular weight is 319 g/mol. The van der Waals surface area contributed by atoms with Crippen molar-refractivity contribution in [1.82, 2.24) is 5.32 Å². The first-order valence-corrected chi connectivity index (χ1v) is 7.83. The molecular weight excluding hydrogens is 294 g/mol. The maximum atomic E-state index is 12.9. The third kappa shape index (κ3) is 3.23. The van der Waals surface area contributed by atoms with Crippen LogP contribution >= 0.6 is 0 Å². The van der Waals surface area contributed by atoms with Crippen molar-refractivity contribution < 1.29 is 19.1 Å². The Morgan fingerprint density at radius 1 is 1.09 bits per heavy atom. The minimum Gasteiger partial charge on any atom is -0.449 e. The first-order chi connectivity index (χ1) is 10.4. The zero-order valence-corrected chi connectivity index (χ0v) is 14.6. The van der Waals surface area contributed by atoms with Gasteiger partial charge >= 0.3 is 5.97 Å². The monoisotopic (exact) mass is 319 g/mol. The van der Waals surface area contributed by atoms with E-state index in [1.54, 1.807) is 12.2 Å². The molecule has 0 aromatic rings. The summed E-state index contributed by atoms with van der Waals surface area (Å²) in [5, 5.41) is 2.49. The maximum Gasteiger partial charge on any atom is 0.330 e. The van der Waals surface area contributed by atoms with Crippen LogP contribution in [0.25, 0.3) is 0 Å². The number of amides is 1. The van der Waals surface area contributed by atoms with Gasteiger partial charge in [-0.3, -0.25) is 9.59 Å². The number of Topliss-reactive ketones (excluding diaryl/α,β-unsaturated/α-hetero) is 1. The fourth-order valence-corrected chi connectivity index (χ4v) is 3.01.